The van der Waals surface area contributed by atoms with Crippen LogP contribution in [0.4, 0.5) is 17.1 Å². The number of likely N-dealkylation sites (N-methyl/N-ethyl adjacent to an activating group) is 1. The van der Waals surface area contributed by atoms with Crippen molar-refractivity contribution < 1.29 is 4.79 Å². The van der Waals surface area contributed by atoms with E-state index in [0.717, 1.165) is 17.9 Å². The van der Waals surface area contributed by atoms with Crippen molar-refractivity contribution in [2.75, 3.05) is 35.7 Å². The SMILES string of the molecule is Cc1nn(C)c(C(=O)N2CCN(C)c3ccccc32)c1N. The van der Waals surface area contributed by atoms with Gasteiger partial charge in [0.15, 0.2) is 0 Å². The summed E-state index contributed by atoms with van der Waals surface area (Å²) in [6.45, 7) is 3.24. The molecule has 0 unspecified atom stereocenters. The van der Waals surface area contributed by atoms with Crippen LogP contribution >= 0.6 is 0 Å². The molecule has 6 nitrogen and oxygen atoms in total. The van der Waals surface area contributed by atoms with Crippen molar-refractivity contribution in [2.45, 2.75) is 6.92 Å². The molecule has 0 saturated heterocycles. The van der Waals surface area contributed by atoms with E-state index in [1.807, 2.05) is 38.2 Å². The Morgan fingerprint density at radius 1 is 1.19 bits per heavy atom. The monoisotopic (exact) mass is 285 g/mol. The van der Waals surface area contributed by atoms with Crippen molar-refractivity contribution in [2.24, 2.45) is 7.05 Å². The first kappa shape index (κ1) is 13.5. The minimum absolute atomic E-state index is 0.101. The van der Waals surface area contributed by atoms with E-state index in [1.54, 1.807) is 16.6 Å². The quantitative estimate of drug-likeness (QED) is 0.860. The number of carbonyl (C=O) groups is 1. The number of rotatable bonds is 1. The van der Waals surface area contributed by atoms with Crippen LogP contribution in [0.1, 0.15) is 16.2 Å². The topological polar surface area (TPSA) is 67.4 Å². The molecule has 0 fully saturated rings. The second kappa shape index (κ2) is 4.80. The number of amides is 1. The minimum atomic E-state index is -0.101. The molecule has 0 radical (unpaired) electrons. The maximum atomic E-state index is 12.9. The smallest absolute Gasteiger partial charge is 0.278 e. The van der Waals surface area contributed by atoms with Gasteiger partial charge in [-0.05, 0) is 19.1 Å². The van der Waals surface area contributed by atoms with Crippen LogP contribution in [0.3, 0.4) is 0 Å². The number of nitrogens with two attached hydrogens (primary N) is 1. The number of hydrogen-bond acceptors (Lipinski definition) is 4. The van der Waals surface area contributed by atoms with Crippen molar-refractivity contribution in [3.8, 4) is 0 Å². The zero-order chi connectivity index (χ0) is 15.1. The lowest BCUT2D eigenvalue weighted by atomic mass is 10.1. The summed E-state index contributed by atoms with van der Waals surface area (Å²) in [6, 6.07) is 7.90. The molecule has 110 valence electrons. The van der Waals surface area contributed by atoms with Gasteiger partial charge in [-0.2, -0.15) is 5.10 Å². The number of nitrogens with zero attached hydrogens (tertiary/aromatic N) is 4. The van der Waals surface area contributed by atoms with Gasteiger partial charge >= 0.3 is 0 Å². The molecule has 3 rings (SSSR count). The molecule has 0 saturated carbocycles. The van der Waals surface area contributed by atoms with Gasteiger partial charge < -0.3 is 15.5 Å². The van der Waals surface area contributed by atoms with E-state index in [2.05, 4.69) is 10.00 Å². The first-order chi connectivity index (χ1) is 10.0. The first-order valence-electron chi connectivity index (χ1n) is 6.92. The van der Waals surface area contributed by atoms with E-state index in [1.165, 1.54) is 0 Å². The lowest BCUT2D eigenvalue weighted by molar-refractivity contribution is 0.0978. The highest BCUT2D eigenvalue weighted by atomic mass is 16.2. The molecule has 1 aromatic heterocycles. The second-order valence-corrected chi connectivity index (χ2v) is 5.34. The van der Waals surface area contributed by atoms with E-state index in [4.69, 9.17) is 5.73 Å². The van der Waals surface area contributed by atoms with E-state index in [0.29, 0.717) is 23.6 Å². The number of hydrogen-bond donors (Lipinski definition) is 1. The predicted molar refractivity (Wildman–Crippen MR) is 83.7 cm³/mol. The summed E-state index contributed by atoms with van der Waals surface area (Å²) < 4.78 is 1.56. The van der Waals surface area contributed by atoms with E-state index in [-0.39, 0.29) is 5.91 Å². The van der Waals surface area contributed by atoms with Crippen molar-refractivity contribution in [3.05, 3.63) is 35.7 Å². The summed E-state index contributed by atoms with van der Waals surface area (Å²) >= 11 is 0. The summed E-state index contributed by atoms with van der Waals surface area (Å²) in [7, 11) is 3.78. The molecule has 0 aliphatic carbocycles. The molecule has 6 heteroatoms. The molecule has 0 atom stereocenters. The van der Waals surface area contributed by atoms with Crippen LogP contribution in [0.15, 0.2) is 24.3 Å². The fourth-order valence-corrected chi connectivity index (χ4v) is 2.77. The first-order valence-corrected chi connectivity index (χ1v) is 6.92. The largest absolute Gasteiger partial charge is 0.395 e. The Morgan fingerprint density at radius 3 is 2.48 bits per heavy atom. The van der Waals surface area contributed by atoms with Crippen LogP contribution in [0, 0.1) is 6.92 Å². The Kier molecular flexibility index (Phi) is 3.08. The van der Waals surface area contributed by atoms with Gasteiger partial charge in [0.2, 0.25) is 0 Å². The molecule has 1 aliphatic heterocycles. The molecule has 2 heterocycles. The van der Waals surface area contributed by atoms with Crippen molar-refractivity contribution in [1.82, 2.24) is 9.78 Å². The summed E-state index contributed by atoms with van der Waals surface area (Å²) in [6.07, 6.45) is 0. The number of aryl methyl sites for hydroxylation is 2. The van der Waals surface area contributed by atoms with Crippen LogP contribution in [0.25, 0.3) is 0 Å². The lowest BCUT2D eigenvalue weighted by Gasteiger charge is -2.35. The van der Waals surface area contributed by atoms with Crippen LogP contribution in [0.5, 0.6) is 0 Å². The molecular formula is C15H19N5O. The number of carbonyl (C=O) groups excluding carboxylic acids is 1. The van der Waals surface area contributed by atoms with Gasteiger partial charge in [0.05, 0.1) is 22.8 Å². The van der Waals surface area contributed by atoms with Crippen LogP contribution in [-0.4, -0.2) is 35.8 Å². The number of anilines is 3. The van der Waals surface area contributed by atoms with Crippen molar-refractivity contribution in [3.63, 3.8) is 0 Å². The van der Waals surface area contributed by atoms with Crippen LogP contribution < -0.4 is 15.5 Å². The van der Waals surface area contributed by atoms with Gasteiger partial charge in [0.25, 0.3) is 5.91 Å². The highest BCUT2D eigenvalue weighted by molar-refractivity contribution is 6.10. The van der Waals surface area contributed by atoms with E-state index < -0.39 is 0 Å². The number of para-hydroxylation sites is 2. The van der Waals surface area contributed by atoms with Gasteiger partial charge in [0, 0.05) is 27.2 Å². The zero-order valence-corrected chi connectivity index (χ0v) is 12.5. The number of fused-ring (bicyclic) bond motifs is 1. The summed E-state index contributed by atoms with van der Waals surface area (Å²) in [4.78, 5) is 16.8. The summed E-state index contributed by atoms with van der Waals surface area (Å²) in [5.41, 5.74) is 9.57. The Balaban J connectivity index is 2.05. The zero-order valence-electron chi connectivity index (χ0n) is 12.5. The van der Waals surface area contributed by atoms with Crippen LogP contribution in [0.2, 0.25) is 0 Å². The third-order valence-corrected chi connectivity index (χ3v) is 3.96. The Morgan fingerprint density at radius 2 is 1.86 bits per heavy atom. The Bertz CT molecular complexity index is 706. The molecular weight excluding hydrogens is 266 g/mol. The average Bonchev–Trinajstić information content (AvgIpc) is 2.72. The minimum Gasteiger partial charge on any atom is -0.395 e. The van der Waals surface area contributed by atoms with Crippen molar-refractivity contribution >= 4 is 23.0 Å². The molecule has 1 amide bonds. The molecule has 1 aromatic carbocycles. The van der Waals surface area contributed by atoms with Gasteiger partial charge in [-0.25, -0.2) is 0 Å². The maximum Gasteiger partial charge on any atom is 0.278 e. The number of benzene rings is 1. The fourth-order valence-electron chi connectivity index (χ4n) is 2.77. The maximum absolute atomic E-state index is 12.9. The van der Waals surface area contributed by atoms with E-state index in [9.17, 15) is 4.79 Å². The Labute approximate surface area is 123 Å². The van der Waals surface area contributed by atoms with Crippen LogP contribution in [-0.2, 0) is 7.05 Å². The second-order valence-electron chi connectivity index (χ2n) is 5.34. The normalized spacial score (nSPS) is 14.2. The molecule has 0 bridgehead atoms. The fraction of sp³-hybridized carbons (Fsp3) is 0.333. The standard InChI is InChI=1S/C15H19N5O/c1-10-13(16)14(19(3)17-10)15(21)20-9-8-18(2)11-6-4-5-7-12(11)20/h4-7H,8-9,16H2,1-3H3. The van der Waals surface area contributed by atoms with E-state index >= 15 is 0 Å². The number of nitrogen functional groups attached to an aromatic ring is 1. The lowest BCUT2D eigenvalue weighted by Crippen LogP contribution is -2.43. The van der Waals surface area contributed by atoms with Gasteiger partial charge in [-0.3, -0.25) is 9.48 Å². The predicted octanol–water partition coefficient (Wildman–Crippen LogP) is 1.41. The third kappa shape index (κ3) is 2.03. The molecule has 21 heavy (non-hydrogen) atoms. The van der Waals surface area contributed by atoms with Gasteiger partial charge in [-0.15, -0.1) is 0 Å². The molecule has 1 aliphatic rings. The van der Waals surface area contributed by atoms with Gasteiger partial charge in [0.1, 0.15) is 5.69 Å². The summed E-state index contributed by atoms with van der Waals surface area (Å²) in [5.74, 6) is -0.101. The third-order valence-electron chi connectivity index (χ3n) is 3.96. The summed E-state index contributed by atoms with van der Waals surface area (Å²) in [5, 5.41) is 4.23. The number of aromatic nitrogens is 2. The molecule has 0 spiro atoms. The molecule has 2 N–H and O–H groups in total. The highest BCUT2D eigenvalue weighted by Gasteiger charge is 2.29. The molecule has 2 aromatic rings. The average molecular weight is 285 g/mol. The van der Waals surface area contributed by atoms with Gasteiger partial charge in [-0.1, -0.05) is 12.1 Å². The highest BCUT2D eigenvalue weighted by Crippen LogP contribution is 2.33. The Hall–Kier alpha value is -2.50. The van der Waals surface area contributed by atoms with Crippen molar-refractivity contribution in [1.29, 1.82) is 0 Å².